The number of nitrogens with zero attached hydrogens (tertiary/aromatic N) is 4. The molecule has 0 aliphatic heterocycles. The van der Waals surface area contributed by atoms with E-state index in [1.165, 1.54) is 0 Å². The second kappa shape index (κ2) is 4.82. The highest BCUT2D eigenvalue weighted by Gasteiger charge is 2.26. The van der Waals surface area contributed by atoms with Crippen LogP contribution in [0, 0.1) is 11.3 Å². The molecule has 0 amide bonds. The van der Waals surface area contributed by atoms with E-state index in [4.69, 9.17) is 5.26 Å². The lowest BCUT2D eigenvalue weighted by molar-refractivity contribution is 0.697. The molecule has 100 valence electrons. The highest BCUT2D eigenvalue weighted by Crippen LogP contribution is 2.33. The van der Waals surface area contributed by atoms with Crippen molar-refractivity contribution in [3.63, 3.8) is 0 Å². The number of benzene rings is 1. The van der Waals surface area contributed by atoms with Crippen molar-refractivity contribution in [2.75, 3.05) is 11.9 Å². The summed E-state index contributed by atoms with van der Waals surface area (Å²) in [6, 6.07) is 9.50. The van der Waals surface area contributed by atoms with Gasteiger partial charge in [-0.15, -0.1) is 0 Å². The van der Waals surface area contributed by atoms with Crippen molar-refractivity contribution in [1.29, 1.82) is 5.26 Å². The summed E-state index contributed by atoms with van der Waals surface area (Å²) < 4.78 is 1.75. The molecular weight excluding hydrogens is 252 g/mol. The molecule has 1 aliphatic carbocycles. The lowest BCUT2D eigenvalue weighted by atomic mass is 10.2. The predicted molar refractivity (Wildman–Crippen MR) is 76.0 cm³/mol. The van der Waals surface area contributed by atoms with Crippen molar-refractivity contribution in [2.24, 2.45) is 0 Å². The fourth-order valence-corrected chi connectivity index (χ4v) is 2.17. The maximum Gasteiger partial charge on any atom is 0.294 e. The molecule has 3 rings (SSSR count). The normalized spacial score (nSPS) is 13.8. The van der Waals surface area contributed by atoms with Gasteiger partial charge < -0.3 is 9.47 Å². The second-order valence-corrected chi connectivity index (χ2v) is 4.91. The summed E-state index contributed by atoms with van der Waals surface area (Å²) in [4.78, 5) is 18.3. The van der Waals surface area contributed by atoms with Gasteiger partial charge in [0.2, 0.25) is 0 Å². The van der Waals surface area contributed by atoms with Crippen LogP contribution in [0.5, 0.6) is 0 Å². The molecule has 0 unspecified atom stereocenters. The van der Waals surface area contributed by atoms with Gasteiger partial charge in [-0.2, -0.15) is 5.26 Å². The van der Waals surface area contributed by atoms with Crippen LogP contribution in [-0.2, 0) is 0 Å². The monoisotopic (exact) mass is 266 g/mol. The van der Waals surface area contributed by atoms with Crippen molar-refractivity contribution in [2.45, 2.75) is 18.9 Å². The Morgan fingerprint density at radius 2 is 2.05 bits per heavy atom. The molecule has 1 aromatic heterocycles. The van der Waals surface area contributed by atoms with E-state index in [9.17, 15) is 4.79 Å². The first-order valence-electron chi connectivity index (χ1n) is 6.52. The summed E-state index contributed by atoms with van der Waals surface area (Å²) in [5, 5.41) is 8.80. The molecule has 20 heavy (non-hydrogen) atoms. The smallest absolute Gasteiger partial charge is 0.294 e. The number of hydrogen-bond donors (Lipinski definition) is 0. The first-order valence-corrected chi connectivity index (χ1v) is 6.52. The summed E-state index contributed by atoms with van der Waals surface area (Å²) in [7, 11) is 1.81. The van der Waals surface area contributed by atoms with Crippen LogP contribution in [0.25, 0.3) is 0 Å². The zero-order valence-electron chi connectivity index (χ0n) is 11.2. The molecule has 1 aromatic carbocycles. The summed E-state index contributed by atoms with van der Waals surface area (Å²) in [5.41, 5.74) is 1.36. The Kier molecular flexibility index (Phi) is 2.99. The third-order valence-electron chi connectivity index (χ3n) is 3.49. The van der Waals surface area contributed by atoms with E-state index in [-0.39, 0.29) is 5.56 Å². The van der Waals surface area contributed by atoms with Gasteiger partial charge in [0.15, 0.2) is 5.82 Å². The van der Waals surface area contributed by atoms with E-state index >= 15 is 0 Å². The van der Waals surface area contributed by atoms with Gasteiger partial charge in [-0.1, -0.05) is 0 Å². The van der Waals surface area contributed by atoms with Crippen molar-refractivity contribution in [1.82, 2.24) is 9.55 Å². The van der Waals surface area contributed by atoms with E-state index in [2.05, 4.69) is 11.1 Å². The van der Waals surface area contributed by atoms with Gasteiger partial charge in [0.25, 0.3) is 5.56 Å². The van der Waals surface area contributed by atoms with Gasteiger partial charge in [-0.3, -0.25) is 4.79 Å². The molecule has 5 nitrogen and oxygen atoms in total. The Bertz CT molecular complexity index is 723. The zero-order valence-corrected chi connectivity index (χ0v) is 11.2. The summed E-state index contributed by atoms with van der Waals surface area (Å²) in [6.45, 7) is 0. The quantitative estimate of drug-likeness (QED) is 0.854. The summed E-state index contributed by atoms with van der Waals surface area (Å²) in [6.07, 6.45) is 5.53. The molecule has 0 spiro atoms. The maximum atomic E-state index is 12.4. The van der Waals surface area contributed by atoms with Gasteiger partial charge in [-0.05, 0) is 37.1 Å². The Hall–Kier alpha value is -2.61. The van der Waals surface area contributed by atoms with Gasteiger partial charge in [0.1, 0.15) is 0 Å². The van der Waals surface area contributed by atoms with Crippen molar-refractivity contribution >= 4 is 11.5 Å². The standard InChI is InChI=1S/C15H14N4O/c1-18(12-4-2-11(10-16)3-5-12)14-15(20)19(9-8-17-14)13-6-7-13/h2-5,8-9,13H,6-7H2,1H3. The molecule has 1 fully saturated rings. The van der Waals surface area contributed by atoms with E-state index in [0.29, 0.717) is 17.4 Å². The maximum absolute atomic E-state index is 12.4. The Balaban J connectivity index is 1.97. The number of aromatic nitrogens is 2. The molecular formula is C15H14N4O. The van der Waals surface area contributed by atoms with E-state index < -0.39 is 0 Å². The average molecular weight is 266 g/mol. The minimum atomic E-state index is -0.0677. The highest BCUT2D eigenvalue weighted by atomic mass is 16.1. The molecule has 0 atom stereocenters. The minimum Gasteiger partial charge on any atom is -0.325 e. The Labute approximate surface area is 116 Å². The second-order valence-electron chi connectivity index (χ2n) is 4.91. The lowest BCUT2D eigenvalue weighted by Crippen LogP contribution is -2.27. The third-order valence-corrected chi connectivity index (χ3v) is 3.49. The van der Waals surface area contributed by atoms with Crippen LogP contribution in [0.15, 0.2) is 41.5 Å². The van der Waals surface area contributed by atoms with Crippen LogP contribution >= 0.6 is 0 Å². The molecule has 5 heteroatoms. The SMILES string of the molecule is CN(c1ccc(C#N)cc1)c1nccn(C2CC2)c1=O. The summed E-state index contributed by atoms with van der Waals surface area (Å²) >= 11 is 0. The van der Waals surface area contributed by atoms with Gasteiger partial charge in [0.05, 0.1) is 11.6 Å². The predicted octanol–water partition coefficient (Wildman–Crippen LogP) is 2.22. The fourth-order valence-electron chi connectivity index (χ4n) is 2.17. The summed E-state index contributed by atoms with van der Waals surface area (Å²) in [5.74, 6) is 0.407. The van der Waals surface area contributed by atoms with E-state index in [1.54, 1.807) is 34.0 Å². The molecule has 1 saturated carbocycles. The van der Waals surface area contributed by atoms with Gasteiger partial charge >= 0.3 is 0 Å². The van der Waals surface area contributed by atoms with Crippen molar-refractivity contribution in [3.8, 4) is 6.07 Å². The first kappa shape index (κ1) is 12.4. The lowest BCUT2D eigenvalue weighted by Gasteiger charge is -2.18. The molecule has 0 N–H and O–H groups in total. The first-order chi connectivity index (χ1) is 9.70. The van der Waals surface area contributed by atoms with Crippen LogP contribution in [0.2, 0.25) is 0 Å². The molecule has 0 bridgehead atoms. The van der Waals surface area contributed by atoms with Gasteiger partial charge in [0, 0.05) is 31.2 Å². The van der Waals surface area contributed by atoms with Crippen molar-refractivity contribution < 1.29 is 0 Å². The number of hydrogen-bond acceptors (Lipinski definition) is 4. The fraction of sp³-hybridized carbons (Fsp3) is 0.267. The highest BCUT2D eigenvalue weighted by molar-refractivity contribution is 5.59. The molecule has 0 saturated heterocycles. The van der Waals surface area contributed by atoms with Gasteiger partial charge in [-0.25, -0.2) is 4.98 Å². The molecule has 0 radical (unpaired) electrons. The zero-order chi connectivity index (χ0) is 14.1. The number of rotatable bonds is 3. The molecule has 2 aromatic rings. The van der Waals surface area contributed by atoms with Crippen LogP contribution in [0.3, 0.4) is 0 Å². The largest absolute Gasteiger partial charge is 0.325 e. The average Bonchev–Trinajstić information content (AvgIpc) is 3.31. The minimum absolute atomic E-state index is 0.0677. The van der Waals surface area contributed by atoms with Crippen LogP contribution < -0.4 is 10.5 Å². The third kappa shape index (κ3) is 2.16. The Morgan fingerprint density at radius 3 is 2.65 bits per heavy atom. The van der Waals surface area contributed by atoms with Crippen molar-refractivity contribution in [3.05, 3.63) is 52.6 Å². The number of anilines is 2. The van der Waals surface area contributed by atoms with Crippen LogP contribution in [-0.4, -0.2) is 16.6 Å². The Morgan fingerprint density at radius 1 is 1.35 bits per heavy atom. The molecule has 1 heterocycles. The van der Waals surface area contributed by atoms with E-state index in [0.717, 1.165) is 18.5 Å². The van der Waals surface area contributed by atoms with Crippen LogP contribution in [0.1, 0.15) is 24.4 Å². The van der Waals surface area contributed by atoms with E-state index in [1.807, 2.05) is 19.2 Å². The number of nitriles is 1. The van der Waals surface area contributed by atoms with Crippen LogP contribution in [0.4, 0.5) is 11.5 Å². The topological polar surface area (TPSA) is 61.9 Å². The molecule has 1 aliphatic rings.